The number of pyridine rings is 1. The van der Waals surface area contributed by atoms with E-state index in [9.17, 15) is 18.4 Å². The summed E-state index contributed by atoms with van der Waals surface area (Å²) in [6.07, 6.45) is 0. The highest BCUT2D eigenvalue weighted by Crippen LogP contribution is 2.19. The third kappa shape index (κ3) is 3.38. The van der Waals surface area contributed by atoms with Crippen LogP contribution in [0.25, 0.3) is 0 Å². The summed E-state index contributed by atoms with van der Waals surface area (Å²) in [6, 6.07) is 6.93. The smallest absolute Gasteiger partial charge is 0.340 e. The lowest BCUT2D eigenvalue weighted by Crippen LogP contribution is -2.17. The number of nitrogens with zero attached hydrogens (tertiary/aromatic N) is 1. The van der Waals surface area contributed by atoms with Crippen LogP contribution in [0.4, 0.5) is 14.5 Å². The zero-order valence-electron chi connectivity index (χ0n) is 10.9. The molecule has 0 bridgehead atoms. The molecule has 0 unspecified atom stereocenters. The van der Waals surface area contributed by atoms with Gasteiger partial charge in [0.1, 0.15) is 11.5 Å². The Morgan fingerprint density at radius 1 is 1.19 bits per heavy atom. The molecule has 1 N–H and O–H groups in total. The van der Waals surface area contributed by atoms with E-state index in [0.717, 1.165) is 25.3 Å². The minimum absolute atomic E-state index is 0.0410. The standard InChI is InChI=1S/C14H10F2N2O3/c1-21-14(20)9-7-8(15)5-6-10(9)18-13(19)11-3-2-4-12(16)17-11/h2-7H,1H3,(H,18,19). The molecule has 2 aromatic rings. The number of esters is 1. The first-order valence-electron chi connectivity index (χ1n) is 5.83. The summed E-state index contributed by atoms with van der Waals surface area (Å²) in [4.78, 5) is 26.9. The third-order valence-corrected chi connectivity index (χ3v) is 2.58. The third-order valence-electron chi connectivity index (χ3n) is 2.58. The number of methoxy groups -OCH3 is 1. The number of hydrogen-bond acceptors (Lipinski definition) is 4. The van der Waals surface area contributed by atoms with Crippen molar-refractivity contribution in [1.29, 1.82) is 0 Å². The summed E-state index contributed by atoms with van der Waals surface area (Å²) in [6.45, 7) is 0. The van der Waals surface area contributed by atoms with Crippen LogP contribution in [-0.2, 0) is 4.74 Å². The van der Waals surface area contributed by atoms with E-state index in [1.54, 1.807) is 0 Å². The van der Waals surface area contributed by atoms with E-state index in [0.29, 0.717) is 0 Å². The molecule has 1 heterocycles. The summed E-state index contributed by atoms with van der Waals surface area (Å²) in [5, 5.41) is 2.36. The monoisotopic (exact) mass is 292 g/mol. The van der Waals surface area contributed by atoms with Crippen molar-refractivity contribution >= 4 is 17.6 Å². The fourth-order valence-electron chi connectivity index (χ4n) is 1.63. The highest BCUT2D eigenvalue weighted by molar-refractivity contribution is 6.07. The van der Waals surface area contributed by atoms with Crippen LogP contribution in [0.2, 0.25) is 0 Å². The maximum atomic E-state index is 13.2. The van der Waals surface area contributed by atoms with Crippen LogP contribution in [0.1, 0.15) is 20.8 Å². The van der Waals surface area contributed by atoms with Crippen LogP contribution in [0, 0.1) is 11.8 Å². The summed E-state index contributed by atoms with van der Waals surface area (Å²) in [5.41, 5.74) is -0.281. The van der Waals surface area contributed by atoms with Gasteiger partial charge in [-0.2, -0.15) is 4.39 Å². The molecule has 0 aliphatic carbocycles. The first kappa shape index (κ1) is 14.6. The van der Waals surface area contributed by atoms with E-state index in [-0.39, 0.29) is 16.9 Å². The molecule has 21 heavy (non-hydrogen) atoms. The molecule has 0 saturated heterocycles. The minimum Gasteiger partial charge on any atom is -0.465 e. The van der Waals surface area contributed by atoms with Gasteiger partial charge < -0.3 is 10.1 Å². The molecular weight excluding hydrogens is 282 g/mol. The van der Waals surface area contributed by atoms with E-state index in [1.165, 1.54) is 18.2 Å². The second-order valence-electron chi connectivity index (χ2n) is 3.98. The Morgan fingerprint density at radius 2 is 1.95 bits per heavy atom. The lowest BCUT2D eigenvalue weighted by molar-refractivity contribution is 0.0601. The molecule has 0 spiro atoms. The van der Waals surface area contributed by atoms with Crippen LogP contribution < -0.4 is 5.32 Å². The van der Waals surface area contributed by atoms with Gasteiger partial charge in [0.15, 0.2) is 0 Å². The maximum Gasteiger partial charge on any atom is 0.340 e. The minimum atomic E-state index is -0.810. The van der Waals surface area contributed by atoms with Gasteiger partial charge in [0.2, 0.25) is 5.95 Å². The zero-order valence-corrected chi connectivity index (χ0v) is 10.9. The number of anilines is 1. The molecule has 0 atom stereocenters. The van der Waals surface area contributed by atoms with Gasteiger partial charge in [-0.1, -0.05) is 6.07 Å². The molecule has 1 amide bonds. The maximum absolute atomic E-state index is 13.2. The van der Waals surface area contributed by atoms with E-state index < -0.39 is 23.6 Å². The number of hydrogen-bond donors (Lipinski definition) is 1. The Kier molecular flexibility index (Phi) is 4.22. The van der Waals surface area contributed by atoms with Gasteiger partial charge in [-0.05, 0) is 30.3 Å². The normalized spacial score (nSPS) is 10.0. The van der Waals surface area contributed by atoms with Crippen LogP contribution in [-0.4, -0.2) is 24.0 Å². The number of rotatable bonds is 3. The van der Waals surface area contributed by atoms with Crippen molar-refractivity contribution in [1.82, 2.24) is 4.98 Å². The number of benzene rings is 1. The number of carbonyl (C=O) groups is 2. The topological polar surface area (TPSA) is 68.3 Å². The van der Waals surface area contributed by atoms with Crippen molar-refractivity contribution in [2.24, 2.45) is 0 Å². The number of nitrogens with one attached hydrogen (secondary N) is 1. The molecular formula is C14H10F2N2O3. The zero-order chi connectivity index (χ0) is 15.4. The molecule has 0 aliphatic rings. The molecule has 108 valence electrons. The summed E-state index contributed by atoms with van der Waals surface area (Å²) >= 11 is 0. The van der Waals surface area contributed by atoms with E-state index in [2.05, 4.69) is 15.0 Å². The predicted molar refractivity (Wildman–Crippen MR) is 69.9 cm³/mol. The highest BCUT2D eigenvalue weighted by Gasteiger charge is 2.16. The average molecular weight is 292 g/mol. The molecule has 0 saturated carbocycles. The van der Waals surface area contributed by atoms with Crippen molar-refractivity contribution in [2.75, 3.05) is 12.4 Å². The molecule has 5 nitrogen and oxygen atoms in total. The predicted octanol–water partition coefficient (Wildman–Crippen LogP) is 2.40. The average Bonchev–Trinajstić information content (AvgIpc) is 2.48. The van der Waals surface area contributed by atoms with Crippen LogP contribution in [0.3, 0.4) is 0 Å². The number of halogens is 2. The fraction of sp³-hybridized carbons (Fsp3) is 0.0714. The van der Waals surface area contributed by atoms with E-state index in [1.807, 2.05) is 0 Å². The van der Waals surface area contributed by atoms with Crippen molar-refractivity contribution < 1.29 is 23.1 Å². The molecule has 0 aliphatic heterocycles. The summed E-state index contributed by atoms with van der Waals surface area (Å²) < 4.78 is 30.6. The largest absolute Gasteiger partial charge is 0.465 e. The first-order valence-corrected chi connectivity index (χ1v) is 5.83. The van der Waals surface area contributed by atoms with Gasteiger partial charge in [0.05, 0.1) is 18.4 Å². The molecule has 2 rings (SSSR count). The summed E-state index contributed by atoms with van der Waals surface area (Å²) in [5.74, 6) is -3.00. The molecule has 1 aromatic carbocycles. The molecule has 1 aromatic heterocycles. The molecule has 0 fully saturated rings. The van der Waals surface area contributed by atoms with Gasteiger partial charge in [-0.25, -0.2) is 14.2 Å². The Morgan fingerprint density at radius 3 is 2.62 bits per heavy atom. The highest BCUT2D eigenvalue weighted by atomic mass is 19.1. The number of ether oxygens (including phenoxy) is 1. The number of amides is 1. The van der Waals surface area contributed by atoms with E-state index in [4.69, 9.17) is 0 Å². The molecule has 0 radical (unpaired) electrons. The molecule has 7 heteroatoms. The van der Waals surface area contributed by atoms with Gasteiger partial charge >= 0.3 is 5.97 Å². The van der Waals surface area contributed by atoms with Crippen molar-refractivity contribution in [3.63, 3.8) is 0 Å². The second-order valence-corrected chi connectivity index (χ2v) is 3.98. The van der Waals surface area contributed by atoms with Gasteiger partial charge in [0, 0.05) is 0 Å². The Balaban J connectivity index is 2.31. The quantitative estimate of drug-likeness (QED) is 0.696. The van der Waals surface area contributed by atoms with Crippen LogP contribution >= 0.6 is 0 Å². The summed E-state index contributed by atoms with van der Waals surface area (Å²) in [7, 11) is 1.13. The Bertz CT molecular complexity index is 704. The number of carbonyl (C=O) groups excluding carboxylic acids is 2. The van der Waals surface area contributed by atoms with Gasteiger partial charge in [-0.15, -0.1) is 0 Å². The second kappa shape index (κ2) is 6.08. The van der Waals surface area contributed by atoms with Crippen molar-refractivity contribution in [2.45, 2.75) is 0 Å². The van der Waals surface area contributed by atoms with Gasteiger partial charge in [0.25, 0.3) is 5.91 Å². The first-order chi connectivity index (χ1) is 10.0. The lowest BCUT2D eigenvalue weighted by atomic mass is 10.1. The van der Waals surface area contributed by atoms with Crippen molar-refractivity contribution in [3.8, 4) is 0 Å². The van der Waals surface area contributed by atoms with Crippen LogP contribution in [0.15, 0.2) is 36.4 Å². The Labute approximate surface area is 118 Å². The van der Waals surface area contributed by atoms with Crippen molar-refractivity contribution in [3.05, 3.63) is 59.4 Å². The fourth-order valence-corrected chi connectivity index (χ4v) is 1.63. The number of aromatic nitrogens is 1. The van der Waals surface area contributed by atoms with Gasteiger partial charge in [-0.3, -0.25) is 4.79 Å². The van der Waals surface area contributed by atoms with E-state index >= 15 is 0 Å². The SMILES string of the molecule is COC(=O)c1cc(F)ccc1NC(=O)c1cccc(F)n1. The Hall–Kier alpha value is -2.83. The lowest BCUT2D eigenvalue weighted by Gasteiger charge is -2.09. The van der Waals surface area contributed by atoms with Crippen LogP contribution in [0.5, 0.6) is 0 Å².